The lowest BCUT2D eigenvalue weighted by Gasteiger charge is -2.40. The summed E-state index contributed by atoms with van der Waals surface area (Å²) in [5, 5.41) is 31.4. The largest absolute Gasteiger partial charge is 0.479 e. The van der Waals surface area contributed by atoms with Gasteiger partial charge >= 0.3 is 23.9 Å². The van der Waals surface area contributed by atoms with Gasteiger partial charge < -0.3 is 39.0 Å². The molecule has 1 saturated heterocycles. The molecule has 416 valence electrons. The van der Waals surface area contributed by atoms with Crippen LogP contribution in [0.3, 0.4) is 0 Å². The number of aliphatic hydroxyl groups excluding tert-OH is 2. The summed E-state index contributed by atoms with van der Waals surface area (Å²) in [6.45, 7) is 5.47. The SMILES string of the molecule is CC/C=C\C/C=C\C/C=C\C/C=C\C/C=C\CCCC(=O)OCC(COC1OC(C(=O)O)C(O)C(O)C1OC(=O)CCCC/C=C\C/C=C\C/C=C\C/C=C\CC)OC(=O)CC/C=C\C/C=C\C/C=C\C/C=C\CC. The van der Waals surface area contributed by atoms with Crippen LogP contribution < -0.4 is 0 Å². The molecule has 0 aromatic heterocycles. The molecular formula is C63H92O12. The summed E-state index contributed by atoms with van der Waals surface area (Å²) in [5.74, 6) is -3.40. The zero-order valence-electron chi connectivity index (χ0n) is 45.5. The predicted molar refractivity (Wildman–Crippen MR) is 302 cm³/mol. The topological polar surface area (TPSA) is 175 Å². The molecule has 0 aromatic carbocycles. The van der Waals surface area contributed by atoms with Crippen molar-refractivity contribution < 1.29 is 58.2 Å². The zero-order chi connectivity index (χ0) is 54.7. The van der Waals surface area contributed by atoms with Crippen molar-refractivity contribution in [3.8, 4) is 0 Å². The maximum atomic E-state index is 13.1. The number of aliphatic carboxylic acids is 1. The number of carboxylic acids is 1. The maximum absolute atomic E-state index is 13.1. The van der Waals surface area contributed by atoms with Gasteiger partial charge in [0.2, 0.25) is 0 Å². The van der Waals surface area contributed by atoms with Crippen LogP contribution in [0.5, 0.6) is 0 Å². The highest BCUT2D eigenvalue weighted by Crippen LogP contribution is 2.26. The molecule has 1 aliphatic heterocycles. The molecule has 1 aliphatic rings. The number of carbonyl (C=O) groups excluding carboxylic acids is 3. The van der Waals surface area contributed by atoms with E-state index in [-0.39, 0.29) is 25.9 Å². The summed E-state index contributed by atoms with van der Waals surface area (Å²) < 4.78 is 28.1. The van der Waals surface area contributed by atoms with Crippen molar-refractivity contribution in [2.24, 2.45) is 0 Å². The van der Waals surface area contributed by atoms with Crippen LogP contribution in [-0.2, 0) is 42.9 Å². The molecule has 0 spiro atoms. The molecule has 6 unspecified atom stereocenters. The Hall–Kier alpha value is -5.66. The molecular weight excluding hydrogens is 949 g/mol. The first kappa shape index (κ1) is 67.4. The van der Waals surface area contributed by atoms with E-state index in [0.717, 1.165) is 83.5 Å². The fourth-order valence-electron chi connectivity index (χ4n) is 6.99. The van der Waals surface area contributed by atoms with Gasteiger partial charge in [-0.1, -0.05) is 179 Å². The molecule has 0 radical (unpaired) electrons. The molecule has 3 N–H and O–H groups in total. The van der Waals surface area contributed by atoms with Crippen LogP contribution in [0.25, 0.3) is 0 Å². The number of allylic oxidation sites excluding steroid dienone is 26. The second-order valence-corrected chi connectivity index (χ2v) is 17.7. The average Bonchev–Trinajstić information content (AvgIpc) is 3.39. The fourth-order valence-corrected chi connectivity index (χ4v) is 6.99. The number of hydrogen-bond acceptors (Lipinski definition) is 11. The van der Waals surface area contributed by atoms with E-state index < -0.39 is 67.3 Å². The Balaban J connectivity index is 2.83. The molecule has 1 rings (SSSR count). The molecule has 6 atom stereocenters. The molecule has 1 fully saturated rings. The average molecular weight is 1040 g/mol. The van der Waals surface area contributed by atoms with E-state index in [1.54, 1.807) is 0 Å². The van der Waals surface area contributed by atoms with Crippen molar-refractivity contribution in [3.05, 3.63) is 158 Å². The normalized spacial score (nSPS) is 19.4. The first-order valence-electron chi connectivity index (χ1n) is 27.5. The highest BCUT2D eigenvalue weighted by molar-refractivity contribution is 5.74. The Morgan fingerprint density at radius 1 is 0.440 bits per heavy atom. The Bertz CT molecular complexity index is 1910. The summed E-state index contributed by atoms with van der Waals surface area (Å²) in [6, 6.07) is 0. The van der Waals surface area contributed by atoms with Crippen LogP contribution in [0.4, 0.5) is 0 Å². The van der Waals surface area contributed by atoms with Gasteiger partial charge in [-0.25, -0.2) is 4.79 Å². The fraction of sp³-hybridized carbons (Fsp3) is 0.524. The van der Waals surface area contributed by atoms with Crippen LogP contribution in [-0.4, -0.2) is 89.2 Å². The van der Waals surface area contributed by atoms with E-state index in [2.05, 4.69) is 142 Å². The van der Waals surface area contributed by atoms with E-state index in [1.165, 1.54) is 0 Å². The highest BCUT2D eigenvalue weighted by atomic mass is 16.7. The summed E-state index contributed by atoms with van der Waals surface area (Å²) in [7, 11) is 0. The zero-order valence-corrected chi connectivity index (χ0v) is 45.5. The summed E-state index contributed by atoms with van der Waals surface area (Å²) in [6.07, 6.45) is 59.6. The number of unbranched alkanes of at least 4 members (excludes halogenated alkanes) is 3. The first-order valence-corrected chi connectivity index (χ1v) is 27.5. The molecule has 0 saturated carbocycles. The number of ether oxygens (including phenoxy) is 5. The third-order valence-electron chi connectivity index (χ3n) is 11.1. The summed E-state index contributed by atoms with van der Waals surface area (Å²) >= 11 is 0. The van der Waals surface area contributed by atoms with Crippen LogP contribution in [0, 0.1) is 0 Å². The lowest BCUT2D eigenvalue weighted by molar-refractivity contribution is -0.301. The lowest BCUT2D eigenvalue weighted by Crippen LogP contribution is -2.61. The monoisotopic (exact) mass is 1040 g/mol. The van der Waals surface area contributed by atoms with Gasteiger partial charge in [-0.05, 0) is 122 Å². The minimum absolute atomic E-state index is 0.0143. The van der Waals surface area contributed by atoms with Gasteiger partial charge in [-0.3, -0.25) is 14.4 Å². The molecule has 75 heavy (non-hydrogen) atoms. The number of esters is 3. The van der Waals surface area contributed by atoms with E-state index >= 15 is 0 Å². The van der Waals surface area contributed by atoms with Crippen molar-refractivity contribution in [3.63, 3.8) is 0 Å². The summed E-state index contributed by atoms with van der Waals surface area (Å²) in [4.78, 5) is 50.9. The molecule has 0 aliphatic carbocycles. The second-order valence-electron chi connectivity index (χ2n) is 17.7. The van der Waals surface area contributed by atoms with Gasteiger partial charge in [0.1, 0.15) is 18.8 Å². The Kier molecular flexibility index (Phi) is 44.2. The van der Waals surface area contributed by atoms with Gasteiger partial charge in [0.05, 0.1) is 6.61 Å². The molecule has 0 bridgehead atoms. The van der Waals surface area contributed by atoms with Gasteiger partial charge in [-0.2, -0.15) is 0 Å². The Morgan fingerprint density at radius 2 is 0.827 bits per heavy atom. The minimum Gasteiger partial charge on any atom is -0.479 e. The van der Waals surface area contributed by atoms with Gasteiger partial charge in [0.25, 0.3) is 0 Å². The highest BCUT2D eigenvalue weighted by Gasteiger charge is 2.50. The number of rotatable bonds is 43. The van der Waals surface area contributed by atoms with E-state index in [9.17, 15) is 34.5 Å². The molecule has 12 nitrogen and oxygen atoms in total. The number of carbonyl (C=O) groups is 4. The van der Waals surface area contributed by atoms with Gasteiger partial charge in [-0.15, -0.1) is 0 Å². The predicted octanol–water partition coefficient (Wildman–Crippen LogP) is 13.8. The van der Waals surface area contributed by atoms with Crippen molar-refractivity contribution in [2.45, 2.75) is 199 Å². The standard InChI is InChI=1S/C63H92O12/c1-4-7-10-13-16-19-22-25-27-28-30-32-34-37-40-43-46-49-55(64)71-52-54(73-56(65)50-47-44-41-38-35-31-24-21-18-15-12-9-6-3)53-72-63-61(59(68)58(67)60(75-63)62(69)70)74-57(66)51-48-45-42-39-36-33-29-26-23-20-17-14-11-8-5-2/h7-12,16-21,25-27,29-32,35-37,39-41,44,54,58-61,63,67-68H,4-6,13-15,22-24,28,33-34,38,42-43,45-53H2,1-3H3,(H,69,70)/b10-7-,11-8-,12-9-,19-16-,20-17-,21-18-,27-25-,29-26-,32-30-,35-31-,39-36-,40-37-,44-41-. The minimum atomic E-state index is -1.94. The lowest BCUT2D eigenvalue weighted by atomic mass is 9.98. The number of hydrogen-bond donors (Lipinski definition) is 3. The number of aliphatic hydroxyl groups is 2. The van der Waals surface area contributed by atoms with Crippen LogP contribution in [0.1, 0.15) is 162 Å². The van der Waals surface area contributed by atoms with Crippen LogP contribution in [0.2, 0.25) is 0 Å². The maximum Gasteiger partial charge on any atom is 0.335 e. The molecule has 1 heterocycles. The Labute approximate surface area is 450 Å². The molecule has 12 heteroatoms. The van der Waals surface area contributed by atoms with Crippen molar-refractivity contribution >= 4 is 23.9 Å². The quantitative estimate of drug-likeness (QED) is 0.0228. The molecule has 0 amide bonds. The van der Waals surface area contributed by atoms with Crippen molar-refractivity contribution in [1.29, 1.82) is 0 Å². The summed E-state index contributed by atoms with van der Waals surface area (Å²) in [5.41, 5.74) is 0. The van der Waals surface area contributed by atoms with Crippen LogP contribution >= 0.6 is 0 Å². The number of carboxylic acid groups (broad SMARTS) is 1. The Morgan fingerprint density at radius 3 is 1.25 bits per heavy atom. The van der Waals surface area contributed by atoms with Gasteiger partial charge in [0, 0.05) is 19.3 Å². The second kappa shape index (κ2) is 49.2. The van der Waals surface area contributed by atoms with Crippen molar-refractivity contribution in [1.82, 2.24) is 0 Å². The van der Waals surface area contributed by atoms with Gasteiger partial charge in [0.15, 0.2) is 24.6 Å². The molecule has 0 aromatic rings. The third-order valence-corrected chi connectivity index (χ3v) is 11.1. The first-order chi connectivity index (χ1) is 36.6. The van der Waals surface area contributed by atoms with E-state index in [4.69, 9.17) is 23.7 Å². The third kappa shape index (κ3) is 39.4. The van der Waals surface area contributed by atoms with E-state index in [0.29, 0.717) is 38.5 Å². The smallest absolute Gasteiger partial charge is 0.335 e. The van der Waals surface area contributed by atoms with Crippen molar-refractivity contribution in [2.75, 3.05) is 13.2 Å². The van der Waals surface area contributed by atoms with E-state index in [1.807, 2.05) is 36.5 Å². The van der Waals surface area contributed by atoms with Crippen LogP contribution in [0.15, 0.2) is 158 Å².